The standard InChI is InChI=1S/C16H24N2O/c1-2-13-7-6-11-18(12-10-13)16(19)15(17)14-8-4-3-5-9-14/h3-5,8-9,13,15H,2,6-7,10-12,17H2,1H3. The van der Waals surface area contributed by atoms with Crippen molar-refractivity contribution in [3.05, 3.63) is 35.9 Å². The first-order chi connectivity index (χ1) is 9.22. The second kappa shape index (κ2) is 6.71. The third-order valence-electron chi connectivity index (χ3n) is 4.16. The molecule has 104 valence electrons. The van der Waals surface area contributed by atoms with Crippen molar-refractivity contribution in [2.24, 2.45) is 11.7 Å². The van der Waals surface area contributed by atoms with Gasteiger partial charge in [-0.05, 0) is 30.7 Å². The van der Waals surface area contributed by atoms with E-state index in [-0.39, 0.29) is 5.91 Å². The minimum absolute atomic E-state index is 0.0722. The smallest absolute Gasteiger partial charge is 0.244 e. The Kier molecular flexibility index (Phi) is 4.97. The predicted molar refractivity (Wildman–Crippen MR) is 77.6 cm³/mol. The summed E-state index contributed by atoms with van der Waals surface area (Å²) in [5.74, 6) is 0.841. The highest BCUT2D eigenvalue weighted by atomic mass is 16.2. The maximum Gasteiger partial charge on any atom is 0.244 e. The van der Waals surface area contributed by atoms with Crippen LogP contribution < -0.4 is 5.73 Å². The fourth-order valence-electron chi connectivity index (χ4n) is 2.79. The summed E-state index contributed by atoms with van der Waals surface area (Å²) in [5.41, 5.74) is 7.00. The quantitative estimate of drug-likeness (QED) is 0.908. The van der Waals surface area contributed by atoms with Gasteiger partial charge in [0.1, 0.15) is 6.04 Å². The highest BCUT2D eigenvalue weighted by molar-refractivity contribution is 5.83. The summed E-state index contributed by atoms with van der Waals surface area (Å²) in [6.07, 6.45) is 4.67. The van der Waals surface area contributed by atoms with Crippen molar-refractivity contribution >= 4 is 5.91 Å². The van der Waals surface area contributed by atoms with Crippen molar-refractivity contribution < 1.29 is 4.79 Å². The highest BCUT2D eigenvalue weighted by Gasteiger charge is 2.24. The van der Waals surface area contributed by atoms with Crippen molar-refractivity contribution in [3.63, 3.8) is 0 Å². The van der Waals surface area contributed by atoms with Gasteiger partial charge in [0.25, 0.3) is 0 Å². The number of hydrogen-bond donors (Lipinski definition) is 1. The van der Waals surface area contributed by atoms with Gasteiger partial charge in [0.05, 0.1) is 0 Å². The number of amides is 1. The lowest BCUT2D eigenvalue weighted by Crippen LogP contribution is -2.39. The fourth-order valence-corrected chi connectivity index (χ4v) is 2.79. The lowest BCUT2D eigenvalue weighted by atomic mass is 9.98. The molecule has 0 bridgehead atoms. The van der Waals surface area contributed by atoms with Crippen molar-refractivity contribution in [1.29, 1.82) is 0 Å². The van der Waals surface area contributed by atoms with Gasteiger partial charge in [-0.25, -0.2) is 0 Å². The maximum atomic E-state index is 12.4. The Morgan fingerprint density at radius 1 is 1.32 bits per heavy atom. The van der Waals surface area contributed by atoms with Gasteiger partial charge >= 0.3 is 0 Å². The van der Waals surface area contributed by atoms with E-state index in [2.05, 4.69) is 6.92 Å². The van der Waals surface area contributed by atoms with E-state index in [0.29, 0.717) is 0 Å². The van der Waals surface area contributed by atoms with Gasteiger partial charge in [-0.2, -0.15) is 0 Å². The molecule has 0 saturated carbocycles. The van der Waals surface area contributed by atoms with Gasteiger partial charge in [0, 0.05) is 13.1 Å². The summed E-state index contributed by atoms with van der Waals surface area (Å²) in [6.45, 7) is 3.95. The highest BCUT2D eigenvalue weighted by Crippen LogP contribution is 2.22. The topological polar surface area (TPSA) is 46.3 Å². The molecule has 1 heterocycles. The van der Waals surface area contributed by atoms with E-state index in [9.17, 15) is 4.79 Å². The van der Waals surface area contributed by atoms with Crippen LogP contribution in [0.1, 0.15) is 44.2 Å². The molecule has 1 aliphatic heterocycles. The normalized spacial score (nSPS) is 21.8. The van der Waals surface area contributed by atoms with Crippen LogP contribution in [0.25, 0.3) is 0 Å². The van der Waals surface area contributed by atoms with Crippen molar-refractivity contribution in [2.45, 2.75) is 38.6 Å². The SMILES string of the molecule is CCC1CCCN(C(=O)C(N)c2ccccc2)CC1. The van der Waals surface area contributed by atoms with Crippen LogP contribution in [0, 0.1) is 5.92 Å². The molecular weight excluding hydrogens is 236 g/mol. The lowest BCUT2D eigenvalue weighted by molar-refractivity contribution is -0.132. The molecule has 3 nitrogen and oxygen atoms in total. The molecule has 2 unspecified atom stereocenters. The number of carbonyl (C=O) groups is 1. The zero-order valence-electron chi connectivity index (χ0n) is 11.7. The molecule has 1 amide bonds. The van der Waals surface area contributed by atoms with Crippen LogP contribution in [0.2, 0.25) is 0 Å². The molecule has 0 aliphatic carbocycles. The van der Waals surface area contributed by atoms with Crippen molar-refractivity contribution in [3.8, 4) is 0 Å². The number of carbonyl (C=O) groups excluding carboxylic acids is 1. The first-order valence-electron chi connectivity index (χ1n) is 7.31. The van der Waals surface area contributed by atoms with Crippen LogP contribution in [0.3, 0.4) is 0 Å². The second-order valence-electron chi connectivity index (χ2n) is 5.42. The van der Waals surface area contributed by atoms with E-state index in [1.54, 1.807) is 0 Å². The van der Waals surface area contributed by atoms with Gasteiger partial charge in [-0.3, -0.25) is 4.79 Å². The van der Waals surface area contributed by atoms with Crippen molar-refractivity contribution in [1.82, 2.24) is 4.90 Å². The zero-order chi connectivity index (χ0) is 13.7. The molecule has 1 aliphatic rings. The molecule has 1 aromatic rings. The number of likely N-dealkylation sites (tertiary alicyclic amines) is 1. The summed E-state index contributed by atoms with van der Waals surface area (Å²) in [4.78, 5) is 14.4. The van der Waals surface area contributed by atoms with E-state index in [4.69, 9.17) is 5.73 Å². The molecule has 0 spiro atoms. The Hall–Kier alpha value is -1.35. The summed E-state index contributed by atoms with van der Waals surface area (Å²) in [7, 11) is 0. The van der Waals surface area contributed by atoms with Gasteiger partial charge in [0.15, 0.2) is 0 Å². The Morgan fingerprint density at radius 3 is 2.74 bits per heavy atom. The molecule has 1 saturated heterocycles. The second-order valence-corrected chi connectivity index (χ2v) is 5.42. The Balaban J connectivity index is 1.99. The van der Waals surface area contributed by atoms with Gasteiger partial charge in [0.2, 0.25) is 5.91 Å². The molecule has 2 N–H and O–H groups in total. The first kappa shape index (κ1) is 14.1. The average molecular weight is 260 g/mol. The Labute approximate surface area is 115 Å². The summed E-state index contributed by atoms with van der Waals surface area (Å²) >= 11 is 0. The minimum Gasteiger partial charge on any atom is -0.341 e. The average Bonchev–Trinajstić information content (AvgIpc) is 2.72. The maximum absolute atomic E-state index is 12.4. The molecule has 3 heteroatoms. The molecule has 2 rings (SSSR count). The van der Waals surface area contributed by atoms with E-state index in [1.807, 2.05) is 35.2 Å². The van der Waals surface area contributed by atoms with Gasteiger partial charge in [-0.1, -0.05) is 43.7 Å². The third kappa shape index (κ3) is 3.57. The molecule has 1 fully saturated rings. The fraction of sp³-hybridized carbons (Fsp3) is 0.562. The molecule has 0 radical (unpaired) electrons. The van der Waals surface area contributed by atoms with E-state index in [1.165, 1.54) is 12.8 Å². The molecule has 19 heavy (non-hydrogen) atoms. The largest absolute Gasteiger partial charge is 0.341 e. The van der Waals surface area contributed by atoms with Gasteiger partial charge < -0.3 is 10.6 Å². The van der Waals surface area contributed by atoms with Crippen molar-refractivity contribution in [2.75, 3.05) is 13.1 Å². The van der Waals surface area contributed by atoms with E-state index < -0.39 is 6.04 Å². The predicted octanol–water partition coefficient (Wildman–Crippen LogP) is 2.73. The third-order valence-corrected chi connectivity index (χ3v) is 4.16. The van der Waals surface area contributed by atoms with Crippen LogP contribution >= 0.6 is 0 Å². The molecule has 0 aromatic heterocycles. The molecular formula is C16H24N2O. The molecule has 2 atom stereocenters. The number of rotatable bonds is 3. The monoisotopic (exact) mass is 260 g/mol. The number of hydrogen-bond acceptors (Lipinski definition) is 2. The summed E-state index contributed by atoms with van der Waals surface area (Å²) in [5, 5.41) is 0. The van der Waals surface area contributed by atoms with Crippen LogP contribution in [0.15, 0.2) is 30.3 Å². The van der Waals surface area contributed by atoms with Crippen LogP contribution in [0.5, 0.6) is 0 Å². The van der Waals surface area contributed by atoms with E-state index in [0.717, 1.165) is 37.4 Å². The number of benzene rings is 1. The summed E-state index contributed by atoms with van der Waals surface area (Å²) < 4.78 is 0. The number of nitrogens with two attached hydrogens (primary N) is 1. The zero-order valence-corrected chi connectivity index (χ0v) is 11.7. The summed E-state index contributed by atoms with van der Waals surface area (Å²) in [6, 6.07) is 9.14. The molecule has 1 aromatic carbocycles. The van der Waals surface area contributed by atoms with Gasteiger partial charge in [-0.15, -0.1) is 0 Å². The Bertz CT molecular complexity index is 404. The van der Waals surface area contributed by atoms with Crippen LogP contribution in [-0.4, -0.2) is 23.9 Å². The van der Waals surface area contributed by atoms with E-state index >= 15 is 0 Å². The first-order valence-corrected chi connectivity index (χ1v) is 7.31. The van der Waals surface area contributed by atoms with Crippen LogP contribution in [0.4, 0.5) is 0 Å². The minimum atomic E-state index is -0.514. The number of nitrogens with zero attached hydrogens (tertiary/aromatic N) is 1. The van der Waals surface area contributed by atoms with Crippen LogP contribution in [-0.2, 0) is 4.79 Å². The Morgan fingerprint density at radius 2 is 2.05 bits per heavy atom. The lowest BCUT2D eigenvalue weighted by Gasteiger charge is -2.24.